The third kappa shape index (κ3) is 9.45. The lowest BCUT2D eigenvalue weighted by Gasteiger charge is -2.39. The third-order valence-corrected chi connectivity index (χ3v) is 8.97. The normalized spacial score (nSPS) is 28.1. The van der Waals surface area contributed by atoms with Gasteiger partial charge in [0.05, 0.1) is 25.4 Å². The summed E-state index contributed by atoms with van der Waals surface area (Å²) < 4.78 is 28.0. The van der Waals surface area contributed by atoms with E-state index >= 15 is 0 Å². The molecule has 15 heteroatoms. The summed E-state index contributed by atoms with van der Waals surface area (Å²) >= 11 is 0. The van der Waals surface area contributed by atoms with Crippen LogP contribution in [0.1, 0.15) is 27.9 Å². The Morgan fingerprint density at radius 1 is 1.00 bits per heavy atom. The summed E-state index contributed by atoms with van der Waals surface area (Å²) in [5.74, 6) is -1.49. The van der Waals surface area contributed by atoms with Gasteiger partial charge in [-0.15, -0.1) is 0 Å². The maximum absolute atomic E-state index is 13.8. The van der Waals surface area contributed by atoms with Crippen LogP contribution in [-0.2, 0) is 39.7 Å². The van der Waals surface area contributed by atoms with E-state index in [4.69, 9.17) is 23.7 Å². The molecule has 5 rings (SSSR count). The number of carbonyl (C=O) groups is 3. The average Bonchev–Trinajstić information content (AvgIpc) is 3.64. The van der Waals surface area contributed by atoms with Gasteiger partial charge in [0.15, 0.2) is 6.29 Å². The van der Waals surface area contributed by atoms with Gasteiger partial charge in [-0.25, -0.2) is 4.79 Å². The Labute approximate surface area is 294 Å². The summed E-state index contributed by atoms with van der Waals surface area (Å²) in [5, 5.41) is 51.1. The van der Waals surface area contributed by atoms with Crippen molar-refractivity contribution >= 4 is 23.9 Å². The molecular formula is C36H44N2O13. The van der Waals surface area contributed by atoms with E-state index in [1.807, 2.05) is 30.3 Å². The van der Waals surface area contributed by atoms with Crippen molar-refractivity contribution in [1.29, 1.82) is 0 Å². The van der Waals surface area contributed by atoms with Gasteiger partial charge in [-0.3, -0.25) is 9.59 Å². The molecule has 276 valence electrons. The van der Waals surface area contributed by atoms with E-state index in [1.165, 1.54) is 11.9 Å². The monoisotopic (exact) mass is 712 g/mol. The van der Waals surface area contributed by atoms with Crippen LogP contribution in [0.2, 0.25) is 0 Å². The fourth-order valence-corrected chi connectivity index (χ4v) is 6.10. The standard InChI is InChI=1S/C36H44N2O13/c1-38(25(33(44)37-13-14-39)16-22-6-3-2-4-7-22)34(45)24-17-26-32(49-20-48-26)27(18-24)50-35(46)23-11-9-21(10-12-23)8-5-15-47-36-31(43)30(42)29(41)28(19-40)51-36/h2-12,17,25-32,36,39-43H,13-16,18-20H2,1H3,(H,37,44)/t25-,26-,27-,28-,29+,30+,31-,32-,36+/m1/s1. The molecule has 2 heterocycles. The first-order valence-electron chi connectivity index (χ1n) is 16.6. The molecule has 6 N–H and O–H groups in total. The molecule has 2 saturated heterocycles. The Morgan fingerprint density at radius 2 is 1.75 bits per heavy atom. The number of nitrogens with zero attached hydrogens (tertiary/aromatic N) is 1. The van der Waals surface area contributed by atoms with E-state index in [0.29, 0.717) is 11.1 Å². The highest BCUT2D eigenvalue weighted by Crippen LogP contribution is 2.32. The maximum atomic E-state index is 13.8. The molecular weight excluding hydrogens is 668 g/mol. The second kappa shape index (κ2) is 17.9. The van der Waals surface area contributed by atoms with Crippen LogP contribution in [0.15, 0.2) is 72.3 Å². The third-order valence-electron chi connectivity index (χ3n) is 8.97. The van der Waals surface area contributed by atoms with Crippen molar-refractivity contribution in [2.24, 2.45) is 0 Å². The molecule has 0 bridgehead atoms. The lowest BCUT2D eigenvalue weighted by Crippen LogP contribution is -2.59. The number of ether oxygens (including phenoxy) is 5. The van der Waals surface area contributed by atoms with Crippen LogP contribution in [0, 0.1) is 0 Å². The summed E-state index contributed by atoms with van der Waals surface area (Å²) in [5.41, 5.74) is 2.12. The summed E-state index contributed by atoms with van der Waals surface area (Å²) in [7, 11) is 1.53. The summed E-state index contributed by atoms with van der Waals surface area (Å²) in [6, 6.07) is 14.9. The first-order valence-corrected chi connectivity index (χ1v) is 16.6. The molecule has 0 radical (unpaired) electrons. The molecule has 2 amide bonds. The van der Waals surface area contributed by atoms with Crippen LogP contribution in [0.25, 0.3) is 6.08 Å². The lowest BCUT2D eigenvalue weighted by molar-refractivity contribution is -0.298. The molecule has 2 fully saturated rings. The highest BCUT2D eigenvalue weighted by Gasteiger charge is 2.45. The molecule has 15 nitrogen and oxygen atoms in total. The molecule has 0 unspecified atom stereocenters. The number of rotatable bonds is 14. The van der Waals surface area contributed by atoms with Gasteiger partial charge in [-0.1, -0.05) is 54.6 Å². The van der Waals surface area contributed by atoms with Crippen LogP contribution in [0.3, 0.4) is 0 Å². The first kappa shape index (κ1) is 38.2. The SMILES string of the molecule is CN(C(=O)C1=C[C@H]2OCO[C@H]2[C@H](OC(=O)c2ccc(C=CCO[C@H]3O[C@H](CO)[C@H](O)[C@H](O)[C@H]3O)cc2)C1)[C@H](Cc1ccccc1)C(=O)NCCO. The van der Waals surface area contributed by atoms with Gasteiger partial charge in [0.2, 0.25) is 11.8 Å². The van der Waals surface area contributed by atoms with Gasteiger partial charge >= 0.3 is 5.97 Å². The van der Waals surface area contributed by atoms with E-state index < -0.39 is 79.5 Å². The summed E-state index contributed by atoms with van der Waals surface area (Å²) in [6.07, 6.45) is -3.73. The van der Waals surface area contributed by atoms with Crippen molar-refractivity contribution in [3.63, 3.8) is 0 Å². The fourth-order valence-electron chi connectivity index (χ4n) is 6.10. The number of nitrogens with one attached hydrogen (secondary N) is 1. The molecule has 2 aliphatic heterocycles. The van der Waals surface area contributed by atoms with E-state index in [0.717, 1.165) is 5.56 Å². The van der Waals surface area contributed by atoms with Crippen LogP contribution >= 0.6 is 0 Å². The fraction of sp³-hybridized carbons (Fsp3) is 0.472. The molecule has 3 aliphatic rings. The van der Waals surface area contributed by atoms with Gasteiger partial charge in [-0.2, -0.15) is 0 Å². The molecule has 0 aromatic heterocycles. The molecule has 2 aromatic carbocycles. The predicted molar refractivity (Wildman–Crippen MR) is 179 cm³/mol. The van der Waals surface area contributed by atoms with Crippen molar-refractivity contribution in [2.45, 2.75) is 67.9 Å². The zero-order chi connectivity index (χ0) is 36.5. The molecule has 51 heavy (non-hydrogen) atoms. The average molecular weight is 713 g/mol. The van der Waals surface area contributed by atoms with E-state index in [9.17, 15) is 39.9 Å². The molecule has 9 atom stereocenters. The number of aliphatic hydroxyl groups is 5. The minimum Gasteiger partial charge on any atom is -0.456 e. The Hall–Kier alpha value is -4.03. The van der Waals surface area contributed by atoms with Gasteiger partial charge in [0.1, 0.15) is 55.6 Å². The highest BCUT2D eigenvalue weighted by molar-refractivity contribution is 5.97. The van der Waals surface area contributed by atoms with E-state index in [-0.39, 0.29) is 45.0 Å². The van der Waals surface area contributed by atoms with Crippen LogP contribution in [0.4, 0.5) is 0 Å². The van der Waals surface area contributed by atoms with Crippen molar-refractivity contribution in [3.05, 3.63) is 89.0 Å². The van der Waals surface area contributed by atoms with Crippen molar-refractivity contribution in [1.82, 2.24) is 10.2 Å². The number of aliphatic hydroxyl groups excluding tert-OH is 5. The van der Waals surface area contributed by atoms with Gasteiger partial charge in [0, 0.05) is 32.0 Å². The first-order chi connectivity index (χ1) is 24.6. The summed E-state index contributed by atoms with van der Waals surface area (Å²) in [6.45, 7) is -0.836. The number of likely N-dealkylation sites (N-methyl/N-ethyl adjacent to an activating group) is 1. The maximum Gasteiger partial charge on any atom is 0.338 e. The van der Waals surface area contributed by atoms with Crippen LogP contribution in [-0.4, -0.2) is 143 Å². The lowest BCUT2D eigenvalue weighted by atomic mass is 9.90. The van der Waals surface area contributed by atoms with Crippen LogP contribution in [0.5, 0.6) is 0 Å². The number of carbonyl (C=O) groups excluding carboxylic acids is 3. The quantitative estimate of drug-likeness (QED) is 0.134. The minimum atomic E-state index is -1.54. The zero-order valence-electron chi connectivity index (χ0n) is 28.0. The predicted octanol–water partition coefficient (Wildman–Crippen LogP) is -0.708. The largest absolute Gasteiger partial charge is 0.456 e. The van der Waals surface area contributed by atoms with E-state index in [2.05, 4.69) is 5.32 Å². The highest BCUT2D eigenvalue weighted by atomic mass is 16.7. The minimum absolute atomic E-state index is 0.0249. The molecule has 1 aliphatic carbocycles. The van der Waals surface area contributed by atoms with Gasteiger partial charge in [0.25, 0.3) is 0 Å². The van der Waals surface area contributed by atoms with Crippen molar-refractivity contribution in [2.75, 3.05) is 40.2 Å². The molecule has 0 saturated carbocycles. The second-order valence-corrected chi connectivity index (χ2v) is 12.4. The topological polar surface area (TPSA) is 214 Å². The number of fused-ring (bicyclic) bond motifs is 1. The van der Waals surface area contributed by atoms with E-state index in [1.54, 1.807) is 42.5 Å². The Balaban J connectivity index is 1.19. The van der Waals surface area contributed by atoms with Crippen molar-refractivity contribution < 1.29 is 63.6 Å². The van der Waals surface area contributed by atoms with Crippen molar-refractivity contribution in [3.8, 4) is 0 Å². The second-order valence-electron chi connectivity index (χ2n) is 12.4. The van der Waals surface area contributed by atoms with Crippen LogP contribution < -0.4 is 5.32 Å². The number of hydrogen-bond acceptors (Lipinski definition) is 13. The molecule has 2 aromatic rings. The summed E-state index contributed by atoms with van der Waals surface area (Å²) in [4.78, 5) is 41.5. The number of amides is 2. The number of esters is 1. The Bertz CT molecular complexity index is 1530. The number of hydrogen-bond donors (Lipinski definition) is 6. The zero-order valence-corrected chi connectivity index (χ0v) is 28.0. The Kier molecular flexibility index (Phi) is 13.4. The van der Waals surface area contributed by atoms with Gasteiger partial charge < -0.3 is 59.4 Å². The number of benzene rings is 2. The van der Waals surface area contributed by atoms with Gasteiger partial charge in [-0.05, 0) is 29.3 Å². The Morgan fingerprint density at radius 3 is 2.45 bits per heavy atom. The smallest absolute Gasteiger partial charge is 0.338 e. The molecule has 0 spiro atoms.